The van der Waals surface area contributed by atoms with E-state index < -0.39 is 12.6 Å². The van der Waals surface area contributed by atoms with Crippen molar-refractivity contribution in [3.05, 3.63) is 54.1 Å². The molecule has 0 radical (unpaired) electrons. The molecule has 0 saturated carbocycles. The molecule has 0 aliphatic carbocycles. The summed E-state index contributed by atoms with van der Waals surface area (Å²) in [5.74, 6) is -1.01. The van der Waals surface area contributed by atoms with E-state index >= 15 is 0 Å². The van der Waals surface area contributed by atoms with Crippen LogP contribution in [-0.2, 0) is 0 Å². The number of carboxylic acid groups (broad SMARTS) is 1. The smallest absolute Gasteiger partial charge is 0.387 e. The number of rotatable bonds is 5. The Balaban J connectivity index is 2.19. The summed E-state index contributed by atoms with van der Waals surface area (Å²) >= 11 is 0. The second-order valence-electron chi connectivity index (χ2n) is 3.88. The molecule has 0 atom stereocenters. The molecule has 2 aromatic carbocycles. The van der Waals surface area contributed by atoms with Crippen molar-refractivity contribution in [2.75, 3.05) is 5.32 Å². The van der Waals surface area contributed by atoms with E-state index in [4.69, 9.17) is 5.11 Å². The molecular formula is C14H11F2NO3. The van der Waals surface area contributed by atoms with Gasteiger partial charge in [-0.05, 0) is 36.4 Å². The van der Waals surface area contributed by atoms with E-state index in [1.165, 1.54) is 18.2 Å². The summed E-state index contributed by atoms with van der Waals surface area (Å²) < 4.78 is 28.9. The summed E-state index contributed by atoms with van der Waals surface area (Å²) in [5.41, 5.74) is 1.09. The molecule has 0 spiro atoms. The summed E-state index contributed by atoms with van der Waals surface area (Å²) in [7, 11) is 0. The van der Waals surface area contributed by atoms with Crippen LogP contribution in [0.2, 0.25) is 0 Å². The largest absolute Gasteiger partial charge is 0.478 e. The van der Waals surface area contributed by atoms with Gasteiger partial charge in [0.15, 0.2) is 0 Å². The molecular weight excluding hydrogens is 268 g/mol. The van der Waals surface area contributed by atoms with Gasteiger partial charge in [-0.3, -0.25) is 0 Å². The number of hydrogen-bond donors (Lipinski definition) is 2. The Morgan fingerprint density at radius 2 is 1.75 bits per heavy atom. The molecule has 0 saturated heterocycles. The molecule has 0 amide bonds. The molecule has 0 heterocycles. The number of ether oxygens (including phenoxy) is 1. The number of aromatic carboxylic acids is 1. The maximum Gasteiger partial charge on any atom is 0.387 e. The van der Waals surface area contributed by atoms with E-state index in [9.17, 15) is 13.6 Å². The summed E-state index contributed by atoms with van der Waals surface area (Å²) in [5, 5.41) is 11.7. The molecule has 20 heavy (non-hydrogen) atoms. The minimum atomic E-state index is -2.91. The highest BCUT2D eigenvalue weighted by molar-refractivity contribution is 5.88. The number of halogens is 2. The van der Waals surface area contributed by atoms with Crippen LogP contribution in [0.1, 0.15) is 10.4 Å². The van der Waals surface area contributed by atoms with Gasteiger partial charge in [-0.1, -0.05) is 12.1 Å². The fourth-order valence-electron chi connectivity index (χ4n) is 1.62. The van der Waals surface area contributed by atoms with Gasteiger partial charge < -0.3 is 15.2 Å². The third-order valence-corrected chi connectivity index (χ3v) is 2.51. The number of para-hydroxylation sites is 2. The first-order chi connectivity index (χ1) is 9.56. The van der Waals surface area contributed by atoms with Crippen LogP contribution in [-0.4, -0.2) is 17.7 Å². The molecule has 2 rings (SSSR count). The van der Waals surface area contributed by atoms with Crippen molar-refractivity contribution in [3.8, 4) is 5.75 Å². The van der Waals surface area contributed by atoms with Crippen LogP contribution in [0.3, 0.4) is 0 Å². The van der Waals surface area contributed by atoms with Crippen molar-refractivity contribution in [2.24, 2.45) is 0 Å². The lowest BCUT2D eigenvalue weighted by Gasteiger charge is -2.12. The minimum Gasteiger partial charge on any atom is -0.478 e. The topological polar surface area (TPSA) is 58.6 Å². The number of nitrogens with one attached hydrogen (secondary N) is 1. The average Bonchev–Trinajstić information content (AvgIpc) is 2.41. The second kappa shape index (κ2) is 6.01. The molecule has 0 aromatic heterocycles. The summed E-state index contributed by atoms with van der Waals surface area (Å²) in [4.78, 5) is 10.7. The van der Waals surface area contributed by atoms with E-state index in [0.29, 0.717) is 11.4 Å². The highest BCUT2D eigenvalue weighted by atomic mass is 19.3. The number of alkyl halides is 2. The van der Waals surface area contributed by atoms with Gasteiger partial charge in [0.25, 0.3) is 0 Å². The summed E-state index contributed by atoms with van der Waals surface area (Å²) in [6.07, 6.45) is 0. The van der Waals surface area contributed by atoms with Crippen LogP contribution in [0.25, 0.3) is 0 Å². The zero-order valence-corrected chi connectivity index (χ0v) is 10.2. The van der Waals surface area contributed by atoms with E-state index in [1.54, 1.807) is 30.3 Å². The molecule has 4 nitrogen and oxygen atoms in total. The van der Waals surface area contributed by atoms with Crippen LogP contribution < -0.4 is 10.1 Å². The van der Waals surface area contributed by atoms with E-state index in [-0.39, 0.29) is 11.3 Å². The van der Waals surface area contributed by atoms with Crippen LogP contribution >= 0.6 is 0 Å². The number of hydrogen-bond acceptors (Lipinski definition) is 3. The molecule has 0 aliphatic heterocycles. The van der Waals surface area contributed by atoms with Crippen LogP contribution in [0.5, 0.6) is 5.75 Å². The Morgan fingerprint density at radius 1 is 1.10 bits per heavy atom. The quantitative estimate of drug-likeness (QED) is 0.875. The normalized spacial score (nSPS) is 10.3. The Kier molecular flexibility index (Phi) is 4.14. The van der Waals surface area contributed by atoms with Gasteiger partial charge in [-0.2, -0.15) is 8.78 Å². The highest BCUT2D eigenvalue weighted by Crippen LogP contribution is 2.28. The molecule has 0 aliphatic rings. The first kappa shape index (κ1) is 13.8. The Bertz CT molecular complexity index is 600. The van der Waals surface area contributed by atoms with Crippen LogP contribution in [0.4, 0.5) is 20.2 Å². The Morgan fingerprint density at radius 3 is 2.35 bits per heavy atom. The molecule has 2 aromatic rings. The van der Waals surface area contributed by atoms with E-state index in [0.717, 1.165) is 0 Å². The SMILES string of the molecule is O=C(O)c1ccc(Nc2ccccc2OC(F)F)cc1. The van der Waals surface area contributed by atoms with E-state index in [1.807, 2.05) is 0 Å². The average molecular weight is 279 g/mol. The molecule has 0 bridgehead atoms. The number of anilines is 2. The highest BCUT2D eigenvalue weighted by Gasteiger charge is 2.09. The van der Waals surface area contributed by atoms with Gasteiger partial charge in [0, 0.05) is 5.69 Å². The number of carbonyl (C=O) groups is 1. The maximum absolute atomic E-state index is 12.3. The third-order valence-electron chi connectivity index (χ3n) is 2.51. The van der Waals surface area contributed by atoms with Crippen molar-refractivity contribution in [2.45, 2.75) is 6.61 Å². The molecule has 2 N–H and O–H groups in total. The number of benzene rings is 2. The minimum absolute atomic E-state index is 0.0183. The predicted molar refractivity (Wildman–Crippen MR) is 69.8 cm³/mol. The third kappa shape index (κ3) is 3.44. The fourth-order valence-corrected chi connectivity index (χ4v) is 1.62. The predicted octanol–water partition coefficient (Wildman–Crippen LogP) is 3.73. The molecule has 0 unspecified atom stereocenters. The van der Waals surface area contributed by atoms with Crippen molar-refractivity contribution in [1.29, 1.82) is 0 Å². The van der Waals surface area contributed by atoms with Crippen molar-refractivity contribution in [3.63, 3.8) is 0 Å². The van der Waals surface area contributed by atoms with Crippen molar-refractivity contribution < 1.29 is 23.4 Å². The standard InChI is InChI=1S/C14H11F2NO3/c15-14(16)20-12-4-2-1-3-11(12)17-10-7-5-9(6-8-10)13(18)19/h1-8,14,17H,(H,18,19). The summed E-state index contributed by atoms with van der Waals surface area (Å²) in [6.45, 7) is -2.91. The van der Waals surface area contributed by atoms with Gasteiger partial charge in [0.1, 0.15) is 5.75 Å². The lowest BCUT2D eigenvalue weighted by molar-refractivity contribution is -0.0493. The fraction of sp³-hybridized carbons (Fsp3) is 0.0714. The van der Waals surface area contributed by atoms with Crippen LogP contribution in [0.15, 0.2) is 48.5 Å². The first-order valence-corrected chi connectivity index (χ1v) is 5.70. The van der Waals surface area contributed by atoms with Gasteiger partial charge in [-0.25, -0.2) is 4.79 Å². The lowest BCUT2D eigenvalue weighted by atomic mass is 10.2. The first-order valence-electron chi connectivity index (χ1n) is 5.70. The van der Waals surface area contributed by atoms with Gasteiger partial charge >= 0.3 is 12.6 Å². The monoisotopic (exact) mass is 279 g/mol. The second-order valence-corrected chi connectivity index (χ2v) is 3.88. The van der Waals surface area contributed by atoms with Crippen molar-refractivity contribution >= 4 is 17.3 Å². The van der Waals surface area contributed by atoms with Gasteiger partial charge in [0.05, 0.1) is 11.3 Å². The Labute approximate surface area is 113 Å². The number of carboxylic acids is 1. The van der Waals surface area contributed by atoms with Crippen LogP contribution in [0, 0.1) is 0 Å². The zero-order chi connectivity index (χ0) is 14.5. The molecule has 0 fully saturated rings. The molecule has 104 valence electrons. The maximum atomic E-state index is 12.3. The summed E-state index contributed by atoms with van der Waals surface area (Å²) in [6, 6.07) is 12.2. The molecule has 6 heteroatoms. The van der Waals surface area contributed by atoms with Gasteiger partial charge in [-0.15, -0.1) is 0 Å². The Hall–Kier alpha value is -2.63. The van der Waals surface area contributed by atoms with Crippen molar-refractivity contribution in [1.82, 2.24) is 0 Å². The van der Waals surface area contributed by atoms with E-state index in [2.05, 4.69) is 10.1 Å². The zero-order valence-electron chi connectivity index (χ0n) is 10.2. The van der Waals surface area contributed by atoms with Gasteiger partial charge in [0.2, 0.25) is 0 Å². The lowest BCUT2D eigenvalue weighted by Crippen LogP contribution is -2.04.